The second kappa shape index (κ2) is 3.53. The number of hydrogen-bond donors (Lipinski definition) is 1. The van der Waals surface area contributed by atoms with Crippen molar-refractivity contribution >= 4 is 37.8 Å². The predicted molar refractivity (Wildman–Crippen MR) is 40.1 cm³/mol. The Labute approximate surface area is 69.6 Å². The normalized spacial score (nSPS) is 16.8. The zero-order chi connectivity index (χ0) is 7.49. The fourth-order valence-corrected chi connectivity index (χ4v) is 0.668. The maximum Gasteiger partial charge on any atom is 0.348 e. The molecule has 0 bridgehead atoms. The molecule has 0 amide bonds. The van der Waals surface area contributed by atoms with Crippen LogP contribution in [-0.2, 0) is 9.53 Å². The summed E-state index contributed by atoms with van der Waals surface area (Å²) in [4.78, 5) is 10.3. The van der Waals surface area contributed by atoms with E-state index in [0.29, 0.717) is 0 Å². The first-order chi connectivity index (χ1) is 4.06. The second-order valence-corrected chi connectivity index (χ2v) is 3.21. The smallest absolute Gasteiger partial charge is 0.348 e. The number of carboxylic acid groups (broad SMARTS) is 1. The first-order valence-corrected chi connectivity index (χ1v) is 4.01. The monoisotopic (exact) mass is 260 g/mol. The zero-order valence-corrected chi connectivity index (χ0v) is 7.90. The van der Waals surface area contributed by atoms with Crippen LogP contribution in [0, 0.1) is 0 Å². The first kappa shape index (κ1) is 9.39. The molecule has 54 valence electrons. The Morgan fingerprint density at radius 1 is 1.89 bits per heavy atom. The molecular formula is C4H6Br2O3. The van der Waals surface area contributed by atoms with E-state index >= 15 is 0 Å². The van der Waals surface area contributed by atoms with Gasteiger partial charge >= 0.3 is 5.97 Å². The summed E-state index contributed by atoms with van der Waals surface area (Å²) in [6, 6.07) is 0. The van der Waals surface area contributed by atoms with E-state index in [-0.39, 0.29) is 5.33 Å². The average Bonchev–Trinajstić information content (AvgIpc) is 1.86. The molecule has 1 unspecified atom stereocenters. The Balaban J connectivity index is 4.09. The third-order valence-electron chi connectivity index (χ3n) is 0.815. The van der Waals surface area contributed by atoms with Crippen LogP contribution in [0.25, 0.3) is 0 Å². The van der Waals surface area contributed by atoms with Gasteiger partial charge in [0.05, 0.1) is 5.33 Å². The lowest BCUT2D eigenvalue weighted by Crippen LogP contribution is -2.35. The van der Waals surface area contributed by atoms with Crippen molar-refractivity contribution in [1.82, 2.24) is 0 Å². The lowest BCUT2D eigenvalue weighted by atomic mass is 10.4. The predicted octanol–water partition coefficient (Wildman–Crippen LogP) is 1.20. The second-order valence-electron chi connectivity index (χ2n) is 1.37. The van der Waals surface area contributed by atoms with Gasteiger partial charge in [-0.25, -0.2) is 4.79 Å². The van der Waals surface area contributed by atoms with Crippen molar-refractivity contribution in [3.05, 3.63) is 0 Å². The van der Waals surface area contributed by atoms with Gasteiger partial charge in [0.1, 0.15) is 0 Å². The summed E-state index contributed by atoms with van der Waals surface area (Å²) in [5.41, 5.74) is 0. The molecule has 0 aliphatic carbocycles. The van der Waals surface area contributed by atoms with Crippen molar-refractivity contribution < 1.29 is 14.6 Å². The van der Waals surface area contributed by atoms with Gasteiger partial charge in [0, 0.05) is 7.11 Å². The van der Waals surface area contributed by atoms with E-state index < -0.39 is 10.5 Å². The van der Waals surface area contributed by atoms with Gasteiger partial charge in [-0.2, -0.15) is 0 Å². The molecule has 0 aromatic rings. The van der Waals surface area contributed by atoms with Crippen molar-refractivity contribution in [3.63, 3.8) is 0 Å². The van der Waals surface area contributed by atoms with Crippen molar-refractivity contribution in [3.8, 4) is 0 Å². The van der Waals surface area contributed by atoms with Crippen LogP contribution in [0.1, 0.15) is 0 Å². The number of ether oxygens (including phenoxy) is 1. The Bertz CT molecular complexity index is 110. The third kappa shape index (κ3) is 2.23. The summed E-state index contributed by atoms with van der Waals surface area (Å²) in [7, 11) is 1.32. The lowest BCUT2D eigenvalue weighted by Gasteiger charge is -2.16. The van der Waals surface area contributed by atoms with E-state index in [9.17, 15) is 4.79 Å². The largest absolute Gasteiger partial charge is 0.478 e. The minimum Gasteiger partial charge on any atom is -0.478 e. The molecule has 0 rings (SSSR count). The van der Waals surface area contributed by atoms with E-state index in [1.165, 1.54) is 7.11 Å². The van der Waals surface area contributed by atoms with Crippen molar-refractivity contribution in [2.45, 2.75) is 4.51 Å². The summed E-state index contributed by atoms with van der Waals surface area (Å²) in [6.45, 7) is 0. The lowest BCUT2D eigenvalue weighted by molar-refractivity contribution is -0.149. The highest BCUT2D eigenvalue weighted by molar-refractivity contribution is 9.12. The maximum absolute atomic E-state index is 10.3. The molecular weight excluding hydrogens is 256 g/mol. The van der Waals surface area contributed by atoms with Crippen molar-refractivity contribution in [2.75, 3.05) is 12.4 Å². The van der Waals surface area contributed by atoms with E-state index in [0.717, 1.165) is 0 Å². The molecule has 1 N–H and O–H groups in total. The number of halogens is 2. The van der Waals surface area contributed by atoms with Gasteiger partial charge < -0.3 is 9.84 Å². The molecule has 0 spiro atoms. The molecule has 0 aliphatic rings. The Morgan fingerprint density at radius 3 is 2.33 bits per heavy atom. The number of rotatable bonds is 3. The average molecular weight is 262 g/mol. The molecule has 0 heterocycles. The van der Waals surface area contributed by atoms with E-state index in [1.807, 2.05) is 0 Å². The van der Waals surface area contributed by atoms with Crippen LogP contribution in [0.2, 0.25) is 0 Å². The van der Waals surface area contributed by atoms with Crippen LogP contribution in [-0.4, -0.2) is 28.0 Å². The molecule has 0 fully saturated rings. The van der Waals surface area contributed by atoms with Gasteiger partial charge in [-0.3, -0.25) is 0 Å². The minimum atomic E-state index is -1.27. The molecule has 9 heavy (non-hydrogen) atoms. The topological polar surface area (TPSA) is 46.5 Å². The number of hydrogen-bond acceptors (Lipinski definition) is 2. The molecule has 0 saturated carbocycles. The van der Waals surface area contributed by atoms with Crippen LogP contribution in [0.4, 0.5) is 0 Å². The van der Waals surface area contributed by atoms with E-state index in [4.69, 9.17) is 5.11 Å². The van der Waals surface area contributed by atoms with Gasteiger partial charge in [-0.05, 0) is 15.9 Å². The summed E-state index contributed by atoms with van der Waals surface area (Å²) in [5, 5.41) is 8.64. The van der Waals surface area contributed by atoms with Crippen LogP contribution in [0.3, 0.4) is 0 Å². The van der Waals surface area contributed by atoms with Gasteiger partial charge in [0.15, 0.2) is 0 Å². The molecule has 0 saturated heterocycles. The number of methoxy groups -OCH3 is 1. The Morgan fingerprint density at radius 2 is 2.33 bits per heavy atom. The maximum atomic E-state index is 10.3. The standard InChI is InChI=1S/C4H6Br2O3/c1-9-4(6,2-5)3(7)8/h2H2,1H3,(H,7,8). The summed E-state index contributed by atoms with van der Waals surface area (Å²) >= 11 is 5.86. The fraction of sp³-hybridized carbons (Fsp3) is 0.750. The quantitative estimate of drug-likeness (QED) is 0.777. The molecule has 0 aromatic carbocycles. The molecule has 0 radical (unpaired) electrons. The minimum absolute atomic E-state index is 0.214. The summed E-state index contributed by atoms with van der Waals surface area (Å²) in [6.07, 6.45) is 0. The first-order valence-electron chi connectivity index (χ1n) is 2.10. The Hall–Kier alpha value is 0.390. The van der Waals surface area contributed by atoms with Gasteiger partial charge in [0.2, 0.25) is 4.51 Å². The summed E-state index contributed by atoms with van der Waals surface area (Å²) in [5.74, 6) is -1.04. The SMILES string of the molecule is COC(Br)(CBr)C(=O)O. The summed E-state index contributed by atoms with van der Waals surface area (Å²) < 4.78 is 3.35. The van der Waals surface area contributed by atoms with Crippen LogP contribution < -0.4 is 0 Å². The van der Waals surface area contributed by atoms with Crippen LogP contribution >= 0.6 is 31.9 Å². The number of carbonyl (C=O) groups is 1. The van der Waals surface area contributed by atoms with E-state index in [1.54, 1.807) is 0 Å². The molecule has 5 heteroatoms. The highest BCUT2D eigenvalue weighted by Gasteiger charge is 2.33. The molecule has 3 nitrogen and oxygen atoms in total. The fourth-order valence-electron chi connectivity index (χ4n) is 0.199. The number of alkyl halides is 2. The zero-order valence-electron chi connectivity index (χ0n) is 4.73. The molecule has 1 atom stereocenters. The third-order valence-corrected chi connectivity index (χ3v) is 3.30. The van der Waals surface area contributed by atoms with Crippen molar-refractivity contribution in [1.29, 1.82) is 0 Å². The van der Waals surface area contributed by atoms with E-state index in [2.05, 4.69) is 36.6 Å². The Kier molecular flexibility index (Phi) is 3.68. The number of carboxylic acids is 1. The molecule has 0 aromatic heterocycles. The van der Waals surface area contributed by atoms with Crippen LogP contribution in [0.5, 0.6) is 0 Å². The van der Waals surface area contributed by atoms with Crippen LogP contribution in [0.15, 0.2) is 0 Å². The van der Waals surface area contributed by atoms with Crippen molar-refractivity contribution in [2.24, 2.45) is 0 Å². The van der Waals surface area contributed by atoms with Gasteiger partial charge in [-0.1, -0.05) is 15.9 Å². The highest BCUT2D eigenvalue weighted by atomic mass is 79.9. The van der Waals surface area contributed by atoms with Gasteiger partial charge in [0.25, 0.3) is 0 Å². The number of aliphatic carboxylic acids is 1. The highest BCUT2D eigenvalue weighted by Crippen LogP contribution is 2.21. The molecule has 0 aliphatic heterocycles. The van der Waals surface area contributed by atoms with Gasteiger partial charge in [-0.15, -0.1) is 0 Å².